The van der Waals surface area contributed by atoms with E-state index in [1.807, 2.05) is 5.64 Å². The summed E-state index contributed by atoms with van der Waals surface area (Å²) in [5.74, 6) is 4.40. The predicted molar refractivity (Wildman–Crippen MR) is 15.4 cm³/mol. The van der Waals surface area contributed by atoms with Gasteiger partial charge >= 0.3 is 0 Å². The van der Waals surface area contributed by atoms with E-state index in [4.69, 9.17) is 0 Å². The van der Waals surface area contributed by atoms with Gasteiger partial charge in [0.05, 0.1) is 7.11 Å². The van der Waals surface area contributed by atoms with Crippen molar-refractivity contribution in [2.24, 2.45) is 5.90 Å². The van der Waals surface area contributed by atoms with E-state index in [9.17, 15) is 0 Å². The Balaban J connectivity index is 2.19. The summed E-state index contributed by atoms with van der Waals surface area (Å²) >= 11 is 0. The summed E-state index contributed by atoms with van der Waals surface area (Å²) < 4.78 is 0. The van der Waals surface area contributed by atoms with Crippen LogP contribution in [0, 0.1) is 0 Å². The average molecular weight is 78.1 g/mol. The summed E-state index contributed by atoms with van der Waals surface area (Å²) in [7, 11) is 1.40. The molecule has 3 N–H and O–H groups in total. The predicted octanol–water partition coefficient (Wildman–Crippen LogP) is -1.06. The van der Waals surface area contributed by atoms with E-state index in [1.165, 1.54) is 7.11 Å². The minimum absolute atomic E-state index is 1.40. The third-order valence-electron chi connectivity index (χ3n) is 0.131. The molecular formula is CH6N2O2. The Hall–Kier alpha value is -0.160. The van der Waals surface area contributed by atoms with Gasteiger partial charge in [0.15, 0.2) is 0 Å². The van der Waals surface area contributed by atoms with Crippen molar-refractivity contribution >= 4 is 0 Å². The molecule has 0 aliphatic heterocycles. The van der Waals surface area contributed by atoms with E-state index in [0.717, 1.165) is 0 Å². The Morgan fingerprint density at radius 2 is 2.40 bits per heavy atom. The van der Waals surface area contributed by atoms with Crippen LogP contribution in [-0.2, 0) is 9.78 Å². The number of nitrogens with one attached hydrogen (secondary N) is 1. The molecule has 0 aliphatic rings. The average Bonchev–Trinajstić information content (AvgIpc) is 1.41. The summed E-state index contributed by atoms with van der Waals surface area (Å²) in [6, 6.07) is 0. The van der Waals surface area contributed by atoms with Crippen LogP contribution in [0.25, 0.3) is 0 Å². The van der Waals surface area contributed by atoms with Crippen LogP contribution in [0.15, 0.2) is 0 Å². The summed E-state index contributed by atoms with van der Waals surface area (Å²) in [6.07, 6.45) is 0. The van der Waals surface area contributed by atoms with Crippen LogP contribution in [0.4, 0.5) is 0 Å². The first-order chi connectivity index (χ1) is 2.41. The monoisotopic (exact) mass is 78.0 g/mol. The molecule has 0 amide bonds. The van der Waals surface area contributed by atoms with Gasteiger partial charge in [0.25, 0.3) is 0 Å². The minimum Gasteiger partial charge on any atom is -0.279 e. The quantitative estimate of drug-likeness (QED) is 0.413. The van der Waals surface area contributed by atoms with Gasteiger partial charge in [-0.25, -0.2) is 0 Å². The van der Waals surface area contributed by atoms with Crippen LogP contribution in [0.2, 0.25) is 0 Å². The molecule has 5 heavy (non-hydrogen) atoms. The van der Waals surface area contributed by atoms with Crippen LogP contribution in [0.5, 0.6) is 0 Å². The maximum absolute atomic E-state index is 4.40. The van der Waals surface area contributed by atoms with Crippen LogP contribution >= 0.6 is 0 Å². The van der Waals surface area contributed by atoms with E-state index in [2.05, 4.69) is 15.7 Å². The van der Waals surface area contributed by atoms with Crippen molar-refractivity contribution in [3.63, 3.8) is 0 Å². The molecule has 0 saturated heterocycles. The molecule has 0 aliphatic carbocycles. The molecule has 0 heterocycles. The van der Waals surface area contributed by atoms with Gasteiger partial charge in [0, 0.05) is 0 Å². The third-order valence-corrected chi connectivity index (χ3v) is 0.131. The number of nitrogens with two attached hydrogens (primary N) is 1. The maximum atomic E-state index is 4.40. The Kier molecular flexibility index (Phi) is 3.72. The van der Waals surface area contributed by atoms with Crippen LogP contribution < -0.4 is 11.5 Å². The lowest BCUT2D eigenvalue weighted by Crippen LogP contribution is -2.16. The van der Waals surface area contributed by atoms with Crippen molar-refractivity contribution in [2.75, 3.05) is 7.11 Å². The lowest BCUT2D eigenvalue weighted by molar-refractivity contribution is -0.154. The van der Waals surface area contributed by atoms with E-state index < -0.39 is 0 Å². The molecule has 0 saturated carbocycles. The van der Waals surface area contributed by atoms with Gasteiger partial charge in [-0.15, -0.1) is 0 Å². The summed E-state index contributed by atoms with van der Waals surface area (Å²) in [5, 5.41) is 0. The number of rotatable bonds is 2. The molecular weight excluding hydrogens is 72.0 g/mol. The smallest absolute Gasteiger partial charge is 0.0599 e. The standard InChI is InChI=1S/CH6N2O2/c1-4-3-5-2/h3H,2H2,1H3. The van der Waals surface area contributed by atoms with Crippen molar-refractivity contribution in [3.8, 4) is 0 Å². The zero-order valence-electron chi connectivity index (χ0n) is 2.89. The Labute approximate surface area is 29.7 Å². The molecule has 4 nitrogen and oxygen atoms in total. The highest BCUT2D eigenvalue weighted by Gasteiger charge is 1.59. The van der Waals surface area contributed by atoms with Crippen LogP contribution in [0.1, 0.15) is 0 Å². The molecule has 0 bridgehead atoms. The largest absolute Gasteiger partial charge is 0.279 e. The Bertz CT molecular complexity index is 15.1. The first kappa shape index (κ1) is 4.84. The minimum atomic E-state index is 1.40. The molecule has 4 heteroatoms. The molecule has 32 valence electrons. The summed E-state index contributed by atoms with van der Waals surface area (Å²) in [5.41, 5.74) is 1.89. The van der Waals surface area contributed by atoms with Crippen molar-refractivity contribution in [2.45, 2.75) is 0 Å². The first-order valence-electron chi connectivity index (χ1n) is 1.05. The normalized spacial score (nSPS) is 8.40. The summed E-state index contributed by atoms with van der Waals surface area (Å²) in [6.45, 7) is 0. The Morgan fingerprint density at radius 3 is 2.40 bits per heavy atom. The van der Waals surface area contributed by atoms with Gasteiger partial charge in [-0.05, 0) is 0 Å². The zero-order valence-corrected chi connectivity index (χ0v) is 2.89. The topological polar surface area (TPSA) is 56.5 Å². The second-order valence-corrected chi connectivity index (χ2v) is 0.405. The highest BCUT2D eigenvalue weighted by atomic mass is 17.0. The van der Waals surface area contributed by atoms with E-state index >= 15 is 0 Å². The van der Waals surface area contributed by atoms with Gasteiger partial charge in [-0.1, -0.05) is 5.64 Å². The van der Waals surface area contributed by atoms with Crippen molar-refractivity contribution in [3.05, 3.63) is 0 Å². The second-order valence-electron chi connectivity index (χ2n) is 0.405. The van der Waals surface area contributed by atoms with Gasteiger partial charge < -0.3 is 0 Å². The van der Waals surface area contributed by atoms with Crippen LogP contribution in [-0.4, -0.2) is 7.11 Å². The lowest BCUT2D eigenvalue weighted by atomic mass is 11.7. The van der Waals surface area contributed by atoms with Crippen molar-refractivity contribution in [1.29, 1.82) is 0 Å². The van der Waals surface area contributed by atoms with E-state index in [0.29, 0.717) is 0 Å². The molecule has 0 aromatic rings. The fraction of sp³-hybridized carbons (Fsp3) is 1.00. The first-order valence-corrected chi connectivity index (χ1v) is 1.05. The second kappa shape index (κ2) is 3.84. The van der Waals surface area contributed by atoms with Gasteiger partial charge in [-0.2, -0.15) is 10.8 Å². The zero-order chi connectivity index (χ0) is 4.12. The van der Waals surface area contributed by atoms with E-state index in [-0.39, 0.29) is 0 Å². The van der Waals surface area contributed by atoms with Crippen LogP contribution in [0.3, 0.4) is 0 Å². The molecule has 0 aromatic carbocycles. The molecule has 0 atom stereocenters. The van der Waals surface area contributed by atoms with Crippen molar-refractivity contribution in [1.82, 2.24) is 5.64 Å². The molecule has 0 unspecified atom stereocenters. The molecule has 0 aromatic heterocycles. The molecule has 0 fully saturated rings. The number of hydrogen-bond donors (Lipinski definition) is 2. The highest BCUT2D eigenvalue weighted by molar-refractivity contribution is 3.56. The lowest BCUT2D eigenvalue weighted by Gasteiger charge is -1.88. The summed E-state index contributed by atoms with van der Waals surface area (Å²) in [4.78, 5) is 7.81. The molecule has 0 spiro atoms. The fourth-order valence-corrected chi connectivity index (χ4v) is 0.0481. The Morgan fingerprint density at radius 1 is 1.80 bits per heavy atom. The van der Waals surface area contributed by atoms with Gasteiger partial charge in [-0.3, -0.25) is 4.84 Å². The van der Waals surface area contributed by atoms with E-state index in [1.54, 1.807) is 0 Å². The maximum Gasteiger partial charge on any atom is 0.0599 e. The SMILES string of the molecule is CONON. The van der Waals surface area contributed by atoms with Gasteiger partial charge in [0.1, 0.15) is 0 Å². The number of hydrogen-bond acceptors (Lipinski definition) is 4. The third kappa shape index (κ3) is 3.84. The highest BCUT2D eigenvalue weighted by Crippen LogP contribution is 1.41. The molecule has 0 rings (SSSR count). The van der Waals surface area contributed by atoms with Gasteiger partial charge in [0.2, 0.25) is 0 Å². The molecule has 0 radical (unpaired) electrons. The fourth-order valence-electron chi connectivity index (χ4n) is 0.0481. The van der Waals surface area contributed by atoms with Crippen molar-refractivity contribution < 1.29 is 9.78 Å².